The van der Waals surface area contributed by atoms with Crippen LogP contribution in [-0.2, 0) is 12.0 Å². The van der Waals surface area contributed by atoms with Crippen LogP contribution < -0.4 is 16.0 Å². The number of hydrogen-bond acceptors (Lipinski definition) is 4. The molecule has 0 bridgehead atoms. The van der Waals surface area contributed by atoms with Crippen LogP contribution >= 0.6 is 11.8 Å². The van der Waals surface area contributed by atoms with Crippen molar-refractivity contribution in [2.45, 2.75) is 51.6 Å². The first-order valence-electron chi connectivity index (χ1n) is 12.4. The van der Waals surface area contributed by atoms with Crippen molar-refractivity contribution in [1.29, 1.82) is 5.53 Å². The summed E-state index contributed by atoms with van der Waals surface area (Å²) in [4.78, 5) is 30.8. The molecule has 8 nitrogen and oxygen atoms in total. The molecule has 212 valence electrons. The number of amides is 3. The lowest BCUT2D eigenvalue weighted by Gasteiger charge is -2.27. The number of rotatable bonds is 6. The number of urea groups is 1. The van der Waals surface area contributed by atoms with Gasteiger partial charge in [0.15, 0.2) is 0 Å². The number of benzene rings is 2. The maximum absolute atomic E-state index is 13.5. The van der Waals surface area contributed by atoms with Gasteiger partial charge < -0.3 is 11.1 Å². The largest absolute Gasteiger partial charge is 0.446 e. The van der Waals surface area contributed by atoms with E-state index in [1.165, 1.54) is 23.1 Å². The molecule has 1 atom stereocenters. The molecule has 2 aromatic carbocycles. The van der Waals surface area contributed by atoms with Crippen LogP contribution in [0.1, 0.15) is 55.6 Å². The summed E-state index contributed by atoms with van der Waals surface area (Å²) in [7, 11) is 0. The molecule has 0 heterocycles. The number of nitrogens with one attached hydrogen (secondary N) is 2. The van der Waals surface area contributed by atoms with E-state index in [1.54, 1.807) is 25.1 Å². The van der Waals surface area contributed by atoms with Gasteiger partial charge in [0.05, 0.1) is 6.54 Å². The standard InChI is InChI=1S/C28H31F3N6O2S/c1-17-5-12-21(15-23(17)40-28(29,30)31)34-26(39)37(22-13-10-20(11-14-22)27(2,3)4)16-18-6-8-19(9-7-18)24(38)35-25(32)36-33/h6-15,17,33H,5,16H2,1-4H3,(H,34,39)(H2,32,35,38). The van der Waals surface area contributed by atoms with Crippen LogP contribution in [0.25, 0.3) is 0 Å². The predicted molar refractivity (Wildman–Crippen MR) is 151 cm³/mol. The minimum atomic E-state index is -4.42. The summed E-state index contributed by atoms with van der Waals surface area (Å²) < 4.78 is 39.1. The summed E-state index contributed by atoms with van der Waals surface area (Å²) in [5, 5.41) is 5.65. The van der Waals surface area contributed by atoms with E-state index in [-0.39, 0.29) is 40.1 Å². The molecule has 0 fully saturated rings. The van der Waals surface area contributed by atoms with Gasteiger partial charge in [0, 0.05) is 16.9 Å². The number of aliphatic imine (C=N–C) groups is 1. The predicted octanol–water partition coefficient (Wildman–Crippen LogP) is 7.25. The van der Waals surface area contributed by atoms with E-state index >= 15 is 0 Å². The minimum absolute atomic E-state index is 0.103. The first kappa shape index (κ1) is 30.6. The highest BCUT2D eigenvalue weighted by molar-refractivity contribution is 8.03. The topological polar surface area (TPSA) is 124 Å². The zero-order valence-corrected chi connectivity index (χ0v) is 23.4. The lowest BCUT2D eigenvalue weighted by molar-refractivity contribution is -0.0323. The Hall–Kier alpha value is -3.93. The van der Waals surface area contributed by atoms with Crippen molar-refractivity contribution in [3.63, 3.8) is 0 Å². The van der Waals surface area contributed by atoms with E-state index < -0.39 is 23.4 Å². The maximum atomic E-state index is 13.5. The molecular formula is C28H31F3N6O2S. The van der Waals surface area contributed by atoms with Crippen LogP contribution in [-0.4, -0.2) is 23.4 Å². The van der Waals surface area contributed by atoms with Gasteiger partial charge in [-0.15, -0.1) is 5.11 Å². The third kappa shape index (κ3) is 8.54. The number of alkyl halides is 3. The lowest BCUT2D eigenvalue weighted by Crippen LogP contribution is -2.39. The van der Waals surface area contributed by atoms with Crippen molar-refractivity contribution >= 4 is 35.3 Å². The first-order valence-corrected chi connectivity index (χ1v) is 13.2. The Labute approximate surface area is 235 Å². The number of allylic oxidation sites excluding steroid dienone is 3. The highest BCUT2D eigenvalue weighted by Gasteiger charge is 2.33. The van der Waals surface area contributed by atoms with Gasteiger partial charge in [-0.1, -0.05) is 58.0 Å². The van der Waals surface area contributed by atoms with E-state index in [1.807, 2.05) is 24.3 Å². The van der Waals surface area contributed by atoms with Crippen LogP contribution in [0.2, 0.25) is 0 Å². The average Bonchev–Trinajstić information content (AvgIpc) is 2.88. The Bertz CT molecular complexity index is 1340. The molecule has 0 radical (unpaired) electrons. The van der Waals surface area contributed by atoms with Gasteiger partial charge in [-0.05, 0) is 75.9 Å². The SMILES string of the molecule is CC1CC=C(NC(=O)N(Cc2ccc(C(=O)N=C(N)N=N)cc2)c2ccc(C(C)(C)C)cc2)C=C1SC(F)(F)F. The molecule has 4 N–H and O–H groups in total. The summed E-state index contributed by atoms with van der Waals surface area (Å²) in [6.07, 6.45) is 3.43. The van der Waals surface area contributed by atoms with Crippen LogP contribution in [0.5, 0.6) is 0 Å². The van der Waals surface area contributed by atoms with E-state index in [0.717, 1.165) is 5.56 Å². The highest BCUT2D eigenvalue weighted by Crippen LogP contribution is 2.42. The third-order valence-corrected chi connectivity index (χ3v) is 7.11. The molecule has 1 aliphatic carbocycles. The minimum Gasteiger partial charge on any atom is -0.366 e. The normalized spacial score (nSPS) is 16.1. The Morgan fingerprint density at radius 2 is 1.73 bits per heavy atom. The van der Waals surface area contributed by atoms with Crippen LogP contribution in [0, 0.1) is 11.4 Å². The fourth-order valence-corrected chi connectivity index (χ4v) is 4.62. The molecule has 0 spiro atoms. The Morgan fingerprint density at radius 3 is 2.27 bits per heavy atom. The molecule has 1 unspecified atom stereocenters. The summed E-state index contributed by atoms with van der Waals surface area (Å²) in [6, 6.07) is 13.3. The van der Waals surface area contributed by atoms with Crippen molar-refractivity contribution in [3.8, 4) is 0 Å². The molecule has 2 aromatic rings. The monoisotopic (exact) mass is 572 g/mol. The van der Waals surface area contributed by atoms with Crippen LogP contribution in [0.3, 0.4) is 0 Å². The second-order valence-corrected chi connectivity index (χ2v) is 11.4. The van der Waals surface area contributed by atoms with Crippen molar-refractivity contribution in [2.24, 2.45) is 21.8 Å². The molecule has 1 aliphatic rings. The number of hydrogen-bond donors (Lipinski definition) is 3. The van der Waals surface area contributed by atoms with E-state index in [0.29, 0.717) is 23.4 Å². The van der Waals surface area contributed by atoms with Gasteiger partial charge in [-0.3, -0.25) is 9.69 Å². The smallest absolute Gasteiger partial charge is 0.366 e. The Morgan fingerprint density at radius 1 is 1.10 bits per heavy atom. The quantitative estimate of drug-likeness (QED) is 0.192. The number of halogens is 3. The number of nitrogens with zero attached hydrogens (tertiary/aromatic N) is 3. The van der Waals surface area contributed by atoms with Gasteiger partial charge in [0.25, 0.3) is 5.91 Å². The van der Waals surface area contributed by atoms with E-state index in [9.17, 15) is 22.8 Å². The number of anilines is 1. The van der Waals surface area contributed by atoms with E-state index in [4.69, 9.17) is 11.3 Å². The Kier molecular flexibility index (Phi) is 9.56. The molecule has 0 saturated carbocycles. The van der Waals surface area contributed by atoms with Gasteiger partial charge in [0.1, 0.15) is 0 Å². The lowest BCUT2D eigenvalue weighted by atomic mass is 9.87. The second kappa shape index (κ2) is 12.5. The van der Waals surface area contributed by atoms with Crippen molar-refractivity contribution in [1.82, 2.24) is 5.32 Å². The fourth-order valence-electron chi connectivity index (χ4n) is 3.87. The number of guanidine groups is 1. The van der Waals surface area contributed by atoms with Crippen LogP contribution in [0.15, 0.2) is 81.4 Å². The first-order chi connectivity index (χ1) is 18.7. The van der Waals surface area contributed by atoms with E-state index in [2.05, 4.69) is 36.2 Å². The molecule has 40 heavy (non-hydrogen) atoms. The maximum Gasteiger partial charge on any atom is 0.446 e. The van der Waals surface area contributed by atoms with Crippen LogP contribution in [0.4, 0.5) is 23.7 Å². The zero-order chi connectivity index (χ0) is 29.7. The summed E-state index contributed by atoms with van der Waals surface area (Å²) >= 11 is -0.169. The van der Waals surface area contributed by atoms with Crippen molar-refractivity contribution in [3.05, 3.63) is 88.0 Å². The number of nitrogens with two attached hydrogens (primary N) is 1. The molecule has 12 heteroatoms. The molecule has 0 saturated heterocycles. The Balaban J connectivity index is 1.88. The van der Waals surface area contributed by atoms with Gasteiger partial charge in [-0.25, -0.2) is 10.3 Å². The zero-order valence-electron chi connectivity index (χ0n) is 22.5. The van der Waals surface area contributed by atoms with Crippen molar-refractivity contribution in [2.75, 3.05) is 4.90 Å². The number of carbonyl (C=O) groups excluding carboxylic acids is 2. The number of thioether (sulfide) groups is 1. The molecule has 0 aliphatic heterocycles. The highest BCUT2D eigenvalue weighted by atomic mass is 32.2. The molecule has 3 amide bonds. The molecule has 0 aromatic heterocycles. The van der Waals surface area contributed by atoms with Gasteiger partial charge in [0.2, 0.25) is 5.96 Å². The number of carbonyl (C=O) groups is 2. The third-order valence-electron chi connectivity index (χ3n) is 6.12. The average molecular weight is 573 g/mol. The van der Waals surface area contributed by atoms with Gasteiger partial charge >= 0.3 is 11.5 Å². The molecular weight excluding hydrogens is 541 g/mol. The van der Waals surface area contributed by atoms with Crippen molar-refractivity contribution < 1.29 is 22.8 Å². The second-order valence-electron chi connectivity index (χ2n) is 10.3. The molecule has 3 rings (SSSR count). The summed E-state index contributed by atoms with van der Waals surface area (Å²) in [6.45, 7) is 8.04. The fraction of sp³-hybridized carbons (Fsp3) is 0.321. The van der Waals surface area contributed by atoms with Gasteiger partial charge in [-0.2, -0.15) is 18.2 Å². The summed E-state index contributed by atoms with van der Waals surface area (Å²) in [5.74, 6) is -1.44. The summed E-state index contributed by atoms with van der Waals surface area (Å²) in [5.41, 5.74) is 10.5.